The largest absolute Gasteiger partial charge is 0.399 e. The van der Waals surface area contributed by atoms with Crippen LogP contribution in [0.5, 0.6) is 0 Å². The Morgan fingerprint density at radius 3 is 2.40 bits per heavy atom. The molecule has 2 aromatic rings. The predicted molar refractivity (Wildman–Crippen MR) is 92.0 cm³/mol. The third-order valence-corrected chi connectivity index (χ3v) is 3.94. The van der Waals surface area contributed by atoms with Crippen molar-refractivity contribution < 1.29 is 4.79 Å². The van der Waals surface area contributed by atoms with Gasteiger partial charge in [-0.1, -0.05) is 19.1 Å². The molecule has 3 nitrogen and oxygen atoms in total. The first-order valence-electron chi connectivity index (χ1n) is 6.55. The summed E-state index contributed by atoms with van der Waals surface area (Å²) in [5, 5.41) is 0. The third-order valence-electron chi connectivity index (χ3n) is 3.00. The molecule has 0 aromatic heterocycles. The summed E-state index contributed by atoms with van der Waals surface area (Å²) in [5.74, 6) is 0.0293. The Bertz CT molecular complexity index is 596. The third kappa shape index (κ3) is 3.30. The van der Waals surface area contributed by atoms with E-state index < -0.39 is 0 Å². The lowest BCUT2D eigenvalue weighted by Crippen LogP contribution is -2.32. The Hall–Kier alpha value is -1.56. The summed E-state index contributed by atoms with van der Waals surface area (Å²) in [4.78, 5) is 14.5. The maximum atomic E-state index is 12.7. The summed E-state index contributed by atoms with van der Waals surface area (Å²) >= 11 is 2.19. The van der Waals surface area contributed by atoms with Crippen molar-refractivity contribution in [3.05, 3.63) is 57.7 Å². The van der Waals surface area contributed by atoms with Crippen LogP contribution < -0.4 is 10.6 Å². The van der Waals surface area contributed by atoms with E-state index in [1.54, 1.807) is 4.90 Å². The zero-order chi connectivity index (χ0) is 14.5. The number of nitrogens with two attached hydrogens (primary N) is 1. The lowest BCUT2D eigenvalue weighted by Gasteiger charge is -2.23. The smallest absolute Gasteiger partial charge is 0.259 e. The molecule has 0 bridgehead atoms. The van der Waals surface area contributed by atoms with Crippen LogP contribution in [-0.4, -0.2) is 12.5 Å². The second-order valence-electron chi connectivity index (χ2n) is 4.53. The number of benzene rings is 2. The fraction of sp³-hybridized carbons (Fsp3) is 0.188. The van der Waals surface area contributed by atoms with Crippen LogP contribution in [0.2, 0.25) is 0 Å². The van der Waals surface area contributed by atoms with E-state index in [-0.39, 0.29) is 5.91 Å². The quantitative estimate of drug-likeness (QED) is 0.646. The van der Waals surface area contributed by atoms with E-state index in [9.17, 15) is 4.79 Å². The highest BCUT2D eigenvalue weighted by Gasteiger charge is 2.18. The van der Waals surface area contributed by atoms with Gasteiger partial charge in [0.15, 0.2) is 0 Å². The minimum Gasteiger partial charge on any atom is -0.399 e. The SMILES string of the molecule is CCCN(C(=O)c1ccccc1I)c1ccc(N)cc1. The summed E-state index contributed by atoms with van der Waals surface area (Å²) in [6, 6.07) is 15.1. The Labute approximate surface area is 132 Å². The number of carbonyl (C=O) groups is 1. The van der Waals surface area contributed by atoms with Crippen molar-refractivity contribution in [3.63, 3.8) is 0 Å². The van der Waals surface area contributed by atoms with Gasteiger partial charge in [0.05, 0.1) is 5.56 Å². The summed E-state index contributed by atoms with van der Waals surface area (Å²) in [6.07, 6.45) is 0.902. The molecule has 104 valence electrons. The molecule has 20 heavy (non-hydrogen) atoms. The maximum Gasteiger partial charge on any atom is 0.259 e. The highest BCUT2D eigenvalue weighted by molar-refractivity contribution is 14.1. The molecule has 0 heterocycles. The average molecular weight is 380 g/mol. The molecule has 0 aliphatic heterocycles. The first-order valence-corrected chi connectivity index (χ1v) is 7.63. The number of halogens is 1. The van der Waals surface area contributed by atoms with Crippen LogP contribution in [0.25, 0.3) is 0 Å². The molecule has 0 saturated carbocycles. The number of hydrogen-bond acceptors (Lipinski definition) is 2. The standard InChI is InChI=1S/C16H17IN2O/c1-2-11-19(13-9-7-12(18)8-10-13)16(20)14-5-3-4-6-15(14)17/h3-10H,2,11,18H2,1H3. The van der Waals surface area contributed by atoms with Crippen molar-refractivity contribution >= 4 is 39.9 Å². The normalized spacial score (nSPS) is 10.3. The molecule has 1 amide bonds. The predicted octanol–water partition coefficient (Wildman–Crippen LogP) is 3.93. The van der Waals surface area contributed by atoms with Crippen LogP contribution in [-0.2, 0) is 0 Å². The van der Waals surface area contributed by atoms with Crippen LogP contribution in [0.3, 0.4) is 0 Å². The second-order valence-corrected chi connectivity index (χ2v) is 5.69. The van der Waals surface area contributed by atoms with Crippen molar-refractivity contribution in [1.82, 2.24) is 0 Å². The van der Waals surface area contributed by atoms with Gasteiger partial charge in [0.2, 0.25) is 0 Å². The van der Waals surface area contributed by atoms with Gasteiger partial charge in [-0.25, -0.2) is 0 Å². The van der Waals surface area contributed by atoms with Gasteiger partial charge in [-0.2, -0.15) is 0 Å². The van der Waals surface area contributed by atoms with E-state index in [1.807, 2.05) is 48.5 Å². The van der Waals surface area contributed by atoms with Gasteiger partial charge in [-0.3, -0.25) is 4.79 Å². The van der Waals surface area contributed by atoms with E-state index in [2.05, 4.69) is 29.5 Å². The van der Waals surface area contributed by atoms with Gasteiger partial charge in [0, 0.05) is 21.5 Å². The molecule has 0 unspecified atom stereocenters. The van der Waals surface area contributed by atoms with Gasteiger partial charge in [0.1, 0.15) is 0 Å². The Balaban J connectivity index is 2.36. The molecule has 2 rings (SSSR count). The molecule has 0 saturated heterocycles. The fourth-order valence-corrected chi connectivity index (χ4v) is 2.62. The van der Waals surface area contributed by atoms with E-state index in [4.69, 9.17) is 5.73 Å². The van der Waals surface area contributed by atoms with Crippen LogP contribution in [0.1, 0.15) is 23.7 Å². The summed E-state index contributed by atoms with van der Waals surface area (Å²) in [7, 11) is 0. The van der Waals surface area contributed by atoms with Crippen molar-refractivity contribution in [3.8, 4) is 0 Å². The number of hydrogen-bond donors (Lipinski definition) is 1. The monoisotopic (exact) mass is 380 g/mol. The van der Waals surface area contributed by atoms with Crippen molar-refractivity contribution in [2.24, 2.45) is 0 Å². The van der Waals surface area contributed by atoms with Gasteiger partial charge >= 0.3 is 0 Å². The van der Waals surface area contributed by atoms with Crippen molar-refractivity contribution in [1.29, 1.82) is 0 Å². The molecule has 2 N–H and O–H groups in total. The number of rotatable bonds is 4. The molecular weight excluding hydrogens is 363 g/mol. The number of nitrogens with zero attached hydrogens (tertiary/aromatic N) is 1. The highest BCUT2D eigenvalue weighted by Crippen LogP contribution is 2.21. The molecule has 0 fully saturated rings. The first kappa shape index (κ1) is 14.8. The molecule has 0 aliphatic rings. The number of anilines is 2. The van der Waals surface area contributed by atoms with Gasteiger partial charge in [-0.05, 0) is 65.4 Å². The zero-order valence-corrected chi connectivity index (χ0v) is 13.5. The average Bonchev–Trinajstić information content (AvgIpc) is 2.46. The Kier molecular flexibility index (Phi) is 5.00. The van der Waals surface area contributed by atoms with Crippen LogP contribution >= 0.6 is 22.6 Å². The molecule has 2 aromatic carbocycles. The molecule has 0 atom stereocenters. The second kappa shape index (κ2) is 6.74. The van der Waals surface area contributed by atoms with Crippen molar-refractivity contribution in [2.75, 3.05) is 17.2 Å². The molecule has 0 radical (unpaired) electrons. The molecule has 0 aliphatic carbocycles. The van der Waals surface area contributed by atoms with Crippen LogP contribution in [0, 0.1) is 3.57 Å². The lowest BCUT2D eigenvalue weighted by atomic mass is 10.1. The first-order chi connectivity index (χ1) is 9.63. The molecule has 0 spiro atoms. The summed E-state index contributed by atoms with van der Waals surface area (Å²) in [6.45, 7) is 2.75. The number of carbonyl (C=O) groups excluding carboxylic acids is 1. The topological polar surface area (TPSA) is 46.3 Å². The van der Waals surface area contributed by atoms with Gasteiger partial charge in [0.25, 0.3) is 5.91 Å². The van der Waals surface area contributed by atoms with E-state index in [0.717, 1.165) is 21.2 Å². The van der Waals surface area contributed by atoms with E-state index >= 15 is 0 Å². The Morgan fingerprint density at radius 2 is 1.80 bits per heavy atom. The van der Waals surface area contributed by atoms with E-state index in [1.165, 1.54) is 0 Å². The molecular formula is C16H17IN2O. The maximum absolute atomic E-state index is 12.7. The summed E-state index contributed by atoms with van der Waals surface area (Å²) in [5.41, 5.74) is 8.02. The van der Waals surface area contributed by atoms with Crippen LogP contribution in [0.15, 0.2) is 48.5 Å². The van der Waals surface area contributed by atoms with E-state index in [0.29, 0.717) is 12.2 Å². The van der Waals surface area contributed by atoms with Gasteiger partial charge in [-0.15, -0.1) is 0 Å². The van der Waals surface area contributed by atoms with Crippen molar-refractivity contribution in [2.45, 2.75) is 13.3 Å². The summed E-state index contributed by atoms with van der Waals surface area (Å²) < 4.78 is 0.964. The lowest BCUT2D eigenvalue weighted by molar-refractivity contribution is 0.0986. The highest BCUT2D eigenvalue weighted by atomic mass is 127. The molecule has 4 heteroatoms. The van der Waals surface area contributed by atoms with Gasteiger partial charge < -0.3 is 10.6 Å². The Morgan fingerprint density at radius 1 is 1.15 bits per heavy atom. The number of amides is 1. The minimum atomic E-state index is 0.0293. The minimum absolute atomic E-state index is 0.0293. The van der Waals surface area contributed by atoms with Crippen LogP contribution in [0.4, 0.5) is 11.4 Å². The fourth-order valence-electron chi connectivity index (χ4n) is 2.01. The number of nitrogen functional groups attached to an aromatic ring is 1. The zero-order valence-electron chi connectivity index (χ0n) is 11.3.